The first kappa shape index (κ1) is 23.7. The van der Waals surface area contributed by atoms with Crippen LogP contribution in [-0.2, 0) is 16.6 Å². The second-order valence-electron chi connectivity index (χ2n) is 9.08. The molecule has 0 bridgehead atoms. The molecule has 1 aliphatic rings. The molecule has 3 aromatic rings. The van der Waals surface area contributed by atoms with E-state index < -0.39 is 35.1 Å². The van der Waals surface area contributed by atoms with Crippen LogP contribution in [0.5, 0.6) is 5.75 Å². The lowest BCUT2D eigenvalue weighted by Crippen LogP contribution is -2.57. The SMILES string of the molecule is Cc1noc(=O)c2ccc(NC(=O)[C@@](O)(CC(C)(C)c3cccc4c3OCC4)C(F)(F)F)cc12. The van der Waals surface area contributed by atoms with Crippen LogP contribution in [0.2, 0.25) is 0 Å². The van der Waals surface area contributed by atoms with E-state index in [1.807, 2.05) is 6.07 Å². The number of aliphatic hydroxyl groups is 1. The van der Waals surface area contributed by atoms with Crippen LogP contribution in [0.3, 0.4) is 0 Å². The predicted octanol–water partition coefficient (Wildman–Crippen LogP) is 4.03. The number of nitrogens with zero attached hydrogens (tertiary/aromatic N) is 1. The van der Waals surface area contributed by atoms with Crippen LogP contribution >= 0.6 is 0 Å². The Hall–Kier alpha value is -3.40. The van der Waals surface area contributed by atoms with E-state index in [9.17, 15) is 27.9 Å². The molecule has 0 aliphatic carbocycles. The molecule has 1 atom stereocenters. The van der Waals surface area contributed by atoms with Gasteiger partial charge in [0.2, 0.25) is 5.60 Å². The summed E-state index contributed by atoms with van der Waals surface area (Å²) in [6.45, 7) is 5.02. The first-order valence-corrected chi connectivity index (χ1v) is 10.6. The molecule has 1 aromatic heterocycles. The monoisotopic (exact) mass is 476 g/mol. The third kappa shape index (κ3) is 4.02. The maximum atomic E-state index is 14.1. The summed E-state index contributed by atoms with van der Waals surface area (Å²) in [6, 6.07) is 9.08. The molecule has 10 heteroatoms. The first-order valence-electron chi connectivity index (χ1n) is 10.6. The Kier molecular flexibility index (Phi) is 5.67. The van der Waals surface area contributed by atoms with Gasteiger partial charge in [-0.2, -0.15) is 13.2 Å². The molecule has 1 aliphatic heterocycles. The van der Waals surface area contributed by atoms with Crippen LogP contribution in [0.1, 0.15) is 37.1 Å². The lowest BCUT2D eigenvalue weighted by atomic mass is 9.73. The standard InChI is InChI=1S/C24H23F3N2O5/c1-13-17-11-15(7-8-16(17)20(30)34-29-13)28-21(31)23(32,24(25,26)27)12-22(2,3)18-6-4-5-14-9-10-33-19(14)18/h4-8,11,32H,9-10,12H2,1-3H3,(H,28,31)/t23-/m0/s1. The van der Waals surface area contributed by atoms with Crippen molar-refractivity contribution in [2.75, 3.05) is 11.9 Å². The highest BCUT2D eigenvalue weighted by atomic mass is 19.4. The lowest BCUT2D eigenvalue weighted by Gasteiger charge is -2.37. The quantitative estimate of drug-likeness (QED) is 0.577. The number of benzene rings is 2. The Bertz CT molecular complexity index is 1330. The number of hydrogen-bond donors (Lipinski definition) is 2. The average molecular weight is 476 g/mol. The molecule has 0 saturated heterocycles. The summed E-state index contributed by atoms with van der Waals surface area (Å²) < 4.78 is 52.7. The number of carbonyl (C=O) groups is 1. The van der Waals surface area contributed by atoms with Crippen LogP contribution in [0.15, 0.2) is 45.7 Å². The van der Waals surface area contributed by atoms with Crippen LogP contribution in [0.25, 0.3) is 10.8 Å². The molecule has 0 saturated carbocycles. The molecular formula is C24H23F3N2O5. The molecule has 2 N–H and O–H groups in total. The number of anilines is 1. The normalized spacial score (nSPS) is 15.5. The Morgan fingerprint density at radius 3 is 2.62 bits per heavy atom. The highest BCUT2D eigenvalue weighted by molar-refractivity contribution is 5.99. The number of amides is 1. The minimum atomic E-state index is -5.26. The van der Waals surface area contributed by atoms with Crippen molar-refractivity contribution in [3.8, 4) is 5.75 Å². The van der Waals surface area contributed by atoms with Gasteiger partial charge in [-0.1, -0.05) is 37.2 Å². The van der Waals surface area contributed by atoms with Crippen molar-refractivity contribution in [1.29, 1.82) is 0 Å². The number of alkyl halides is 3. The van der Waals surface area contributed by atoms with Crippen LogP contribution < -0.4 is 15.7 Å². The predicted molar refractivity (Wildman–Crippen MR) is 118 cm³/mol. The number of hydrogen-bond acceptors (Lipinski definition) is 6. The van der Waals surface area contributed by atoms with Gasteiger partial charge in [0, 0.05) is 29.5 Å². The van der Waals surface area contributed by atoms with E-state index in [1.165, 1.54) is 32.0 Å². The molecule has 0 spiro atoms. The number of aromatic nitrogens is 1. The largest absolute Gasteiger partial charge is 0.493 e. The van der Waals surface area contributed by atoms with E-state index >= 15 is 0 Å². The lowest BCUT2D eigenvalue weighted by molar-refractivity contribution is -0.254. The molecule has 4 rings (SSSR count). The van der Waals surface area contributed by atoms with Crippen molar-refractivity contribution < 1.29 is 32.3 Å². The van der Waals surface area contributed by atoms with Gasteiger partial charge in [0.25, 0.3) is 5.91 Å². The van der Waals surface area contributed by atoms with Gasteiger partial charge in [-0.3, -0.25) is 4.79 Å². The second-order valence-corrected chi connectivity index (χ2v) is 9.08. The van der Waals surface area contributed by atoms with Crippen molar-refractivity contribution in [3.05, 3.63) is 63.6 Å². The maximum absolute atomic E-state index is 14.1. The van der Waals surface area contributed by atoms with Crippen molar-refractivity contribution in [1.82, 2.24) is 5.16 Å². The number of halogens is 3. The minimum absolute atomic E-state index is 0.0302. The molecule has 180 valence electrons. The van der Waals surface area contributed by atoms with E-state index in [0.29, 0.717) is 35.4 Å². The van der Waals surface area contributed by atoms with Crippen molar-refractivity contribution in [2.24, 2.45) is 0 Å². The fourth-order valence-corrected chi connectivity index (χ4v) is 4.33. The van der Waals surface area contributed by atoms with Crippen LogP contribution in [-0.4, -0.2) is 34.6 Å². The number of nitrogens with one attached hydrogen (secondary N) is 1. The topological polar surface area (TPSA) is 102 Å². The molecule has 0 unspecified atom stereocenters. The molecule has 0 fully saturated rings. The Morgan fingerprint density at radius 1 is 1.18 bits per heavy atom. The second kappa shape index (κ2) is 8.12. The summed E-state index contributed by atoms with van der Waals surface area (Å²) in [5.74, 6) is -1.14. The third-order valence-corrected chi connectivity index (χ3v) is 6.14. The zero-order valence-corrected chi connectivity index (χ0v) is 18.7. The van der Waals surface area contributed by atoms with Gasteiger partial charge in [0.15, 0.2) is 0 Å². The van der Waals surface area contributed by atoms with Gasteiger partial charge in [-0.25, -0.2) is 4.79 Å². The van der Waals surface area contributed by atoms with E-state index in [0.717, 1.165) is 5.56 Å². The van der Waals surface area contributed by atoms with Crippen molar-refractivity contribution in [2.45, 2.75) is 50.8 Å². The molecular weight excluding hydrogens is 453 g/mol. The van der Waals surface area contributed by atoms with Gasteiger partial charge in [-0.15, -0.1) is 0 Å². The van der Waals surface area contributed by atoms with Gasteiger partial charge in [0.05, 0.1) is 17.7 Å². The Labute approximate surface area is 192 Å². The Balaban J connectivity index is 1.68. The van der Waals surface area contributed by atoms with E-state index in [2.05, 4.69) is 15.0 Å². The van der Waals surface area contributed by atoms with Crippen LogP contribution in [0.4, 0.5) is 18.9 Å². The average Bonchev–Trinajstić information content (AvgIpc) is 3.24. The molecule has 2 aromatic carbocycles. The van der Waals surface area contributed by atoms with E-state index in [4.69, 9.17) is 4.74 Å². The van der Waals surface area contributed by atoms with E-state index in [1.54, 1.807) is 19.1 Å². The number of para-hydroxylation sites is 1. The molecule has 2 heterocycles. The van der Waals surface area contributed by atoms with Gasteiger partial charge < -0.3 is 19.7 Å². The zero-order chi connectivity index (χ0) is 24.9. The number of fused-ring (bicyclic) bond motifs is 2. The molecule has 34 heavy (non-hydrogen) atoms. The summed E-state index contributed by atoms with van der Waals surface area (Å²) in [5.41, 5.74) is -4.04. The smallest absolute Gasteiger partial charge is 0.426 e. The third-order valence-electron chi connectivity index (χ3n) is 6.14. The zero-order valence-electron chi connectivity index (χ0n) is 18.7. The Morgan fingerprint density at radius 2 is 1.91 bits per heavy atom. The summed E-state index contributed by atoms with van der Waals surface area (Å²) in [7, 11) is 0. The first-order chi connectivity index (χ1) is 15.8. The van der Waals surface area contributed by atoms with Crippen LogP contribution in [0, 0.1) is 6.92 Å². The number of carbonyl (C=O) groups excluding carboxylic acids is 1. The number of ether oxygens (including phenoxy) is 1. The van der Waals surface area contributed by atoms with E-state index in [-0.39, 0.29) is 11.1 Å². The number of rotatable bonds is 5. The summed E-state index contributed by atoms with van der Waals surface area (Å²) >= 11 is 0. The fourth-order valence-electron chi connectivity index (χ4n) is 4.33. The molecule has 1 amide bonds. The van der Waals surface area contributed by atoms with Crippen molar-refractivity contribution >= 4 is 22.4 Å². The summed E-state index contributed by atoms with van der Waals surface area (Å²) in [4.78, 5) is 24.7. The van der Waals surface area contributed by atoms with Gasteiger partial charge in [-0.05, 0) is 36.1 Å². The van der Waals surface area contributed by atoms with Gasteiger partial charge in [0.1, 0.15) is 5.75 Å². The van der Waals surface area contributed by atoms with Gasteiger partial charge >= 0.3 is 11.8 Å². The summed E-state index contributed by atoms with van der Waals surface area (Å²) in [5, 5.41) is 17.0. The van der Waals surface area contributed by atoms with Crippen molar-refractivity contribution in [3.63, 3.8) is 0 Å². The number of aryl methyl sites for hydroxylation is 1. The summed E-state index contributed by atoms with van der Waals surface area (Å²) in [6.07, 6.45) is -5.56. The highest BCUT2D eigenvalue weighted by Gasteiger charge is 2.61. The highest BCUT2D eigenvalue weighted by Crippen LogP contribution is 2.45. The maximum Gasteiger partial charge on any atom is 0.426 e. The minimum Gasteiger partial charge on any atom is -0.493 e. The molecule has 0 radical (unpaired) electrons. The fraction of sp³-hybridized carbons (Fsp3) is 0.375. The molecule has 7 nitrogen and oxygen atoms in total.